The minimum Gasteiger partial charge on any atom is -0.481 e. The molecule has 0 spiro atoms. The topological polar surface area (TPSA) is 70.1 Å². The number of carboxylic acid groups (broad SMARTS) is 1. The van der Waals surface area contributed by atoms with Crippen molar-refractivity contribution in [3.05, 3.63) is 29.8 Å². The second kappa shape index (κ2) is 6.13. The summed E-state index contributed by atoms with van der Waals surface area (Å²) in [5.74, 6) is -1.79. The fourth-order valence-corrected chi connectivity index (χ4v) is 2.42. The van der Waals surface area contributed by atoms with Gasteiger partial charge in [-0.05, 0) is 24.3 Å². The summed E-state index contributed by atoms with van der Waals surface area (Å²) in [5.41, 5.74) is 1.54. The molecule has 21 heavy (non-hydrogen) atoms. The van der Waals surface area contributed by atoms with Crippen LogP contribution in [0.2, 0.25) is 0 Å². The van der Waals surface area contributed by atoms with Gasteiger partial charge >= 0.3 is 5.97 Å². The van der Waals surface area contributed by atoms with Crippen molar-refractivity contribution in [1.82, 2.24) is 4.90 Å². The van der Waals surface area contributed by atoms with Crippen LogP contribution < -0.4 is 4.90 Å². The quantitative estimate of drug-likeness (QED) is 0.894. The van der Waals surface area contributed by atoms with Gasteiger partial charge in [-0.25, -0.2) is 0 Å². The molecule has 1 amide bonds. The Morgan fingerprint density at radius 2 is 1.76 bits per heavy atom. The summed E-state index contributed by atoms with van der Waals surface area (Å²) in [5, 5.41) is 9.16. The average Bonchev–Trinajstić information content (AvgIpc) is 2.95. The number of aliphatic carboxylic acids is 1. The predicted octanol–water partition coefficient (Wildman–Crippen LogP) is 0.924. The Balaban J connectivity index is 2.13. The second-order valence-corrected chi connectivity index (χ2v) is 5.41. The summed E-state index contributed by atoms with van der Waals surface area (Å²) in [6, 6.07) is 6.80. The van der Waals surface area contributed by atoms with E-state index in [-0.39, 0.29) is 19.1 Å². The van der Waals surface area contributed by atoms with Crippen LogP contribution in [0.15, 0.2) is 24.3 Å². The van der Waals surface area contributed by atoms with Crippen molar-refractivity contribution in [2.45, 2.75) is 6.04 Å². The number of rotatable bonds is 4. The van der Waals surface area contributed by atoms with Crippen molar-refractivity contribution in [3.8, 4) is 0 Å². The Hall–Kier alpha value is -2.08. The number of anilines is 1. The molecule has 1 fully saturated rings. The minimum absolute atomic E-state index is 0.150. The lowest BCUT2D eigenvalue weighted by atomic mass is 10.0. The van der Waals surface area contributed by atoms with Crippen molar-refractivity contribution < 1.29 is 19.4 Å². The Labute approximate surface area is 123 Å². The molecule has 1 aliphatic rings. The first kappa shape index (κ1) is 15.3. The largest absolute Gasteiger partial charge is 0.481 e. The summed E-state index contributed by atoms with van der Waals surface area (Å²) in [7, 11) is 5.48. The van der Waals surface area contributed by atoms with E-state index >= 15 is 0 Å². The molecular weight excluding hydrogens is 272 g/mol. The van der Waals surface area contributed by atoms with Gasteiger partial charge in [0.05, 0.1) is 19.3 Å². The van der Waals surface area contributed by atoms with Crippen molar-refractivity contribution >= 4 is 17.6 Å². The highest BCUT2D eigenvalue weighted by Crippen LogP contribution is 2.21. The predicted molar refractivity (Wildman–Crippen MR) is 78.6 cm³/mol. The molecule has 6 heteroatoms. The van der Waals surface area contributed by atoms with E-state index in [0.717, 1.165) is 5.69 Å². The molecule has 1 N–H and O–H groups in total. The number of likely N-dealkylation sites (N-methyl/N-ethyl adjacent to an activating group) is 1. The van der Waals surface area contributed by atoms with E-state index in [1.165, 1.54) is 4.90 Å². The summed E-state index contributed by atoms with van der Waals surface area (Å²) < 4.78 is 5.21. The number of hydrogen-bond donors (Lipinski definition) is 1. The van der Waals surface area contributed by atoms with Gasteiger partial charge in [0.25, 0.3) is 5.91 Å². The zero-order chi connectivity index (χ0) is 15.6. The highest BCUT2D eigenvalue weighted by Gasteiger charge is 2.38. The summed E-state index contributed by atoms with van der Waals surface area (Å²) in [4.78, 5) is 27.0. The molecule has 6 nitrogen and oxygen atoms in total. The van der Waals surface area contributed by atoms with Crippen molar-refractivity contribution in [3.63, 3.8) is 0 Å². The number of ether oxygens (including phenoxy) is 1. The van der Waals surface area contributed by atoms with Crippen LogP contribution in [0.25, 0.3) is 0 Å². The standard InChI is InChI=1S/C15H20N2O4/c1-16(2)11-6-4-10(5-7-11)14(18)17(3)13-9-21-8-12(13)15(19)20/h4-7,12-13H,8-9H2,1-3H3,(H,19,20). The lowest BCUT2D eigenvalue weighted by Crippen LogP contribution is -2.44. The second-order valence-electron chi connectivity index (χ2n) is 5.41. The molecule has 2 atom stereocenters. The van der Waals surface area contributed by atoms with Crippen molar-refractivity contribution in [2.75, 3.05) is 39.3 Å². The number of hydrogen-bond acceptors (Lipinski definition) is 4. The summed E-state index contributed by atoms with van der Waals surface area (Å²) in [6.07, 6.45) is 0. The third-order valence-electron chi connectivity index (χ3n) is 3.82. The van der Waals surface area contributed by atoms with Crippen LogP contribution in [0.3, 0.4) is 0 Å². The lowest BCUT2D eigenvalue weighted by Gasteiger charge is -2.26. The fraction of sp³-hybridized carbons (Fsp3) is 0.467. The van der Waals surface area contributed by atoms with E-state index < -0.39 is 17.9 Å². The fourth-order valence-electron chi connectivity index (χ4n) is 2.42. The van der Waals surface area contributed by atoms with E-state index in [4.69, 9.17) is 9.84 Å². The average molecular weight is 292 g/mol. The Morgan fingerprint density at radius 3 is 2.29 bits per heavy atom. The van der Waals surface area contributed by atoms with Crippen LogP contribution >= 0.6 is 0 Å². The molecule has 0 aromatic heterocycles. The molecule has 0 aliphatic carbocycles. The zero-order valence-corrected chi connectivity index (χ0v) is 12.4. The molecule has 0 radical (unpaired) electrons. The monoisotopic (exact) mass is 292 g/mol. The zero-order valence-electron chi connectivity index (χ0n) is 12.4. The van der Waals surface area contributed by atoms with Crippen LogP contribution in [0.1, 0.15) is 10.4 Å². The normalized spacial score (nSPS) is 21.1. The van der Waals surface area contributed by atoms with Crippen LogP contribution in [0, 0.1) is 5.92 Å². The molecule has 2 unspecified atom stereocenters. The van der Waals surface area contributed by atoms with E-state index in [0.29, 0.717) is 5.56 Å². The van der Waals surface area contributed by atoms with Crippen molar-refractivity contribution in [1.29, 1.82) is 0 Å². The maximum atomic E-state index is 12.4. The first-order valence-electron chi connectivity index (χ1n) is 6.77. The van der Waals surface area contributed by atoms with Gasteiger partial charge in [0.2, 0.25) is 0 Å². The molecule has 1 aliphatic heterocycles. The number of amides is 1. The third kappa shape index (κ3) is 3.16. The van der Waals surface area contributed by atoms with Gasteiger partial charge in [-0.3, -0.25) is 9.59 Å². The number of carboxylic acids is 1. The SMILES string of the molecule is CN(C)c1ccc(C(=O)N(C)C2COCC2C(=O)O)cc1. The first-order valence-corrected chi connectivity index (χ1v) is 6.77. The Kier molecular flexibility index (Phi) is 4.47. The first-order chi connectivity index (χ1) is 9.91. The third-order valence-corrected chi connectivity index (χ3v) is 3.82. The number of nitrogens with zero attached hydrogens (tertiary/aromatic N) is 2. The maximum Gasteiger partial charge on any atom is 0.311 e. The maximum absolute atomic E-state index is 12.4. The molecular formula is C15H20N2O4. The summed E-state index contributed by atoms with van der Waals surface area (Å²) in [6.45, 7) is 0.409. The molecule has 1 saturated heterocycles. The van der Waals surface area contributed by atoms with Crippen LogP contribution in [0.5, 0.6) is 0 Å². The smallest absolute Gasteiger partial charge is 0.311 e. The number of carbonyl (C=O) groups is 2. The highest BCUT2D eigenvalue weighted by molar-refractivity contribution is 5.95. The molecule has 114 valence electrons. The molecule has 1 aromatic rings. The van der Waals surface area contributed by atoms with Gasteiger partial charge in [0.1, 0.15) is 5.92 Å². The van der Waals surface area contributed by atoms with E-state index in [1.54, 1.807) is 19.2 Å². The highest BCUT2D eigenvalue weighted by atomic mass is 16.5. The van der Waals surface area contributed by atoms with Crippen LogP contribution in [0.4, 0.5) is 5.69 Å². The minimum atomic E-state index is -0.930. The van der Waals surface area contributed by atoms with Gasteiger partial charge in [0, 0.05) is 32.4 Å². The molecule has 0 bridgehead atoms. The molecule has 2 rings (SSSR count). The van der Waals surface area contributed by atoms with E-state index in [9.17, 15) is 9.59 Å². The summed E-state index contributed by atoms with van der Waals surface area (Å²) >= 11 is 0. The molecule has 1 heterocycles. The van der Waals surface area contributed by atoms with Gasteiger partial charge < -0.3 is 19.6 Å². The number of benzene rings is 1. The van der Waals surface area contributed by atoms with Gasteiger partial charge in [-0.1, -0.05) is 0 Å². The van der Waals surface area contributed by atoms with Gasteiger partial charge in [0.15, 0.2) is 0 Å². The van der Waals surface area contributed by atoms with Crippen LogP contribution in [-0.2, 0) is 9.53 Å². The van der Waals surface area contributed by atoms with Gasteiger partial charge in [-0.2, -0.15) is 0 Å². The molecule has 0 saturated carbocycles. The van der Waals surface area contributed by atoms with E-state index in [2.05, 4.69) is 0 Å². The Morgan fingerprint density at radius 1 is 1.14 bits per heavy atom. The Bertz CT molecular complexity index is 527. The van der Waals surface area contributed by atoms with Crippen LogP contribution in [-0.4, -0.2) is 62.3 Å². The van der Waals surface area contributed by atoms with Crippen molar-refractivity contribution in [2.24, 2.45) is 5.92 Å². The van der Waals surface area contributed by atoms with E-state index in [1.807, 2.05) is 31.1 Å². The van der Waals surface area contributed by atoms with Gasteiger partial charge in [-0.15, -0.1) is 0 Å². The number of carbonyl (C=O) groups excluding carboxylic acids is 1. The molecule has 1 aromatic carbocycles. The lowest BCUT2D eigenvalue weighted by molar-refractivity contribution is -0.142.